The molecule has 0 aliphatic heterocycles. The first-order valence-corrected chi connectivity index (χ1v) is 4.89. The van der Waals surface area contributed by atoms with Gasteiger partial charge in [-0.25, -0.2) is 4.79 Å². The molecule has 0 aliphatic carbocycles. The highest BCUT2D eigenvalue weighted by Gasteiger charge is 2.10. The molecule has 0 aromatic heterocycles. The van der Waals surface area contributed by atoms with Crippen LogP contribution in [0.5, 0.6) is 5.75 Å². The molecule has 5 heteroatoms. The van der Waals surface area contributed by atoms with Gasteiger partial charge in [0.2, 0.25) is 0 Å². The second-order valence-electron chi connectivity index (χ2n) is 2.99. The number of carbonyl (C=O) groups is 1. The molecule has 1 rings (SSSR count). The average molecular weight is 226 g/mol. The average Bonchev–Trinajstić information content (AvgIpc) is 2.29. The van der Waals surface area contributed by atoms with Gasteiger partial charge in [-0.2, -0.15) is 0 Å². The number of hydrogen-bond acceptors (Lipinski definition) is 5. The molecule has 1 aromatic rings. The lowest BCUT2D eigenvalue weighted by Gasteiger charge is -2.06. The number of carbonyl (C=O) groups excluding carboxylic acids is 1. The number of para-hydroxylation sites is 1. The Kier molecular flexibility index (Phi) is 5.31. The number of rotatable bonds is 6. The Morgan fingerprint density at radius 1 is 1.19 bits per heavy atom. The summed E-state index contributed by atoms with van der Waals surface area (Å²) in [6.07, 6.45) is 0. The maximum atomic E-state index is 11.4. The largest absolute Gasteiger partial charge is 0.507 e. The van der Waals surface area contributed by atoms with E-state index in [1.165, 1.54) is 12.1 Å². The molecule has 0 radical (unpaired) electrons. The highest BCUT2D eigenvalue weighted by Crippen LogP contribution is 2.16. The summed E-state index contributed by atoms with van der Waals surface area (Å²) in [7, 11) is 0. The number of phenolic OH excluding ortho intramolecular Hbond substituents is 1. The quantitative estimate of drug-likeness (QED) is 0.547. The Hall–Kier alpha value is -1.59. The van der Waals surface area contributed by atoms with E-state index in [-0.39, 0.29) is 37.7 Å². The first kappa shape index (κ1) is 12.5. The molecule has 0 spiro atoms. The van der Waals surface area contributed by atoms with E-state index in [9.17, 15) is 9.90 Å². The van der Waals surface area contributed by atoms with Gasteiger partial charge in [-0.3, -0.25) is 0 Å². The van der Waals surface area contributed by atoms with Crippen molar-refractivity contribution in [1.29, 1.82) is 0 Å². The standard InChI is InChI=1S/C11H14O5/c12-5-6-15-7-8-16-11(14)9-3-1-2-4-10(9)13/h1-4,12-13H,5-8H2. The molecule has 0 amide bonds. The van der Waals surface area contributed by atoms with E-state index in [1.807, 2.05) is 0 Å². The highest BCUT2D eigenvalue weighted by molar-refractivity contribution is 5.92. The van der Waals surface area contributed by atoms with Crippen LogP contribution in [0.1, 0.15) is 10.4 Å². The van der Waals surface area contributed by atoms with Crippen LogP contribution >= 0.6 is 0 Å². The smallest absolute Gasteiger partial charge is 0.341 e. The zero-order chi connectivity index (χ0) is 11.8. The van der Waals surface area contributed by atoms with E-state index >= 15 is 0 Å². The zero-order valence-electron chi connectivity index (χ0n) is 8.76. The minimum Gasteiger partial charge on any atom is -0.507 e. The lowest BCUT2D eigenvalue weighted by molar-refractivity contribution is 0.0256. The summed E-state index contributed by atoms with van der Waals surface area (Å²) < 4.78 is 9.76. The summed E-state index contributed by atoms with van der Waals surface area (Å²) in [5.41, 5.74) is 0.129. The second kappa shape index (κ2) is 6.81. The molecule has 0 saturated heterocycles. The van der Waals surface area contributed by atoms with Crippen LogP contribution in [0.2, 0.25) is 0 Å². The molecule has 0 saturated carbocycles. The molecule has 0 aliphatic rings. The van der Waals surface area contributed by atoms with Crippen LogP contribution in [0.4, 0.5) is 0 Å². The first-order valence-electron chi connectivity index (χ1n) is 4.89. The van der Waals surface area contributed by atoms with Crippen molar-refractivity contribution in [3.8, 4) is 5.75 Å². The predicted molar refractivity (Wildman–Crippen MR) is 56.3 cm³/mol. The zero-order valence-corrected chi connectivity index (χ0v) is 8.76. The van der Waals surface area contributed by atoms with Gasteiger partial charge in [0.05, 0.1) is 19.8 Å². The fourth-order valence-corrected chi connectivity index (χ4v) is 1.08. The highest BCUT2D eigenvalue weighted by atomic mass is 16.6. The molecule has 0 heterocycles. The number of aliphatic hydroxyl groups excluding tert-OH is 1. The van der Waals surface area contributed by atoms with Crippen molar-refractivity contribution in [2.75, 3.05) is 26.4 Å². The SMILES string of the molecule is O=C(OCCOCCO)c1ccccc1O. The summed E-state index contributed by atoms with van der Waals surface area (Å²) in [6, 6.07) is 6.15. The van der Waals surface area contributed by atoms with Crippen LogP contribution in [0, 0.1) is 0 Å². The third-order valence-corrected chi connectivity index (χ3v) is 1.82. The first-order chi connectivity index (χ1) is 7.75. The van der Waals surface area contributed by atoms with Crippen molar-refractivity contribution in [2.24, 2.45) is 0 Å². The van der Waals surface area contributed by atoms with E-state index in [1.54, 1.807) is 12.1 Å². The fraction of sp³-hybridized carbons (Fsp3) is 0.364. The van der Waals surface area contributed by atoms with Crippen molar-refractivity contribution in [3.63, 3.8) is 0 Å². The summed E-state index contributed by atoms with van der Waals surface area (Å²) in [6.45, 7) is 0.467. The Bertz CT molecular complexity index is 337. The van der Waals surface area contributed by atoms with Crippen molar-refractivity contribution < 1.29 is 24.5 Å². The number of aromatic hydroxyl groups is 1. The van der Waals surface area contributed by atoms with Gasteiger partial charge in [0.25, 0.3) is 0 Å². The normalized spacial score (nSPS) is 10.1. The minimum atomic E-state index is -0.592. The van der Waals surface area contributed by atoms with E-state index in [0.29, 0.717) is 0 Å². The summed E-state index contributed by atoms with van der Waals surface area (Å²) in [4.78, 5) is 11.4. The molecular formula is C11H14O5. The van der Waals surface area contributed by atoms with Gasteiger partial charge in [0, 0.05) is 0 Å². The molecule has 1 aromatic carbocycles. The maximum Gasteiger partial charge on any atom is 0.341 e. The third kappa shape index (κ3) is 3.88. The Labute approximate surface area is 93.2 Å². The number of aliphatic hydroxyl groups is 1. The van der Waals surface area contributed by atoms with Crippen LogP contribution in [-0.2, 0) is 9.47 Å². The Balaban J connectivity index is 2.33. The molecule has 5 nitrogen and oxygen atoms in total. The van der Waals surface area contributed by atoms with Gasteiger partial charge < -0.3 is 19.7 Å². The number of phenols is 1. The summed E-state index contributed by atoms with van der Waals surface area (Å²) >= 11 is 0. The lowest BCUT2D eigenvalue weighted by Crippen LogP contribution is -2.12. The lowest BCUT2D eigenvalue weighted by atomic mass is 10.2. The number of benzene rings is 1. The monoisotopic (exact) mass is 226 g/mol. The van der Waals surface area contributed by atoms with E-state index < -0.39 is 5.97 Å². The van der Waals surface area contributed by atoms with E-state index in [0.717, 1.165) is 0 Å². The Morgan fingerprint density at radius 3 is 2.62 bits per heavy atom. The van der Waals surface area contributed by atoms with Crippen LogP contribution in [0.3, 0.4) is 0 Å². The van der Waals surface area contributed by atoms with Gasteiger partial charge in [-0.1, -0.05) is 12.1 Å². The number of ether oxygens (including phenoxy) is 2. The van der Waals surface area contributed by atoms with Crippen LogP contribution in [0.15, 0.2) is 24.3 Å². The second-order valence-corrected chi connectivity index (χ2v) is 2.99. The van der Waals surface area contributed by atoms with Gasteiger partial charge in [0.1, 0.15) is 17.9 Å². The molecule has 16 heavy (non-hydrogen) atoms. The van der Waals surface area contributed by atoms with Crippen molar-refractivity contribution in [2.45, 2.75) is 0 Å². The third-order valence-electron chi connectivity index (χ3n) is 1.82. The molecule has 0 atom stereocenters. The van der Waals surface area contributed by atoms with Gasteiger partial charge in [0.15, 0.2) is 0 Å². The van der Waals surface area contributed by atoms with Crippen molar-refractivity contribution in [3.05, 3.63) is 29.8 Å². The van der Waals surface area contributed by atoms with E-state index in [2.05, 4.69) is 0 Å². The molecule has 0 bridgehead atoms. The van der Waals surface area contributed by atoms with Crippen LogP contribution in [0.25, 0.3) is 0 Å². The van der Waals surface area contributed by atoms with Crippen molar-refractivity contribution >= 4 is 5.97 Å². The van der Waals surface area contributed by atoms with Gasteiger partial charge in [-0.15, -0.1) is 0 Å². The minimum absolute atomic E-state index is 0.0621. The predicted octanol–water partition coefficient (Wildman–Crippen LogP) is 0.558. The summed E-state index contributed by atoms with van der Waals surface area (Å²) in [5.74, 6) is -0.700. The Morgan fingerprint density at radius 2 is 1.94 bits per heavy atom. The van der Waals surface area contributed by atoms with Gasteiger partial charge >= 0.3 is 5.97 Å². The van der Waals surface area contributed by atoms with Crippen LogP contribution in [-0.4, -0.2) is 42.6 Å². The number of esters is 1. The number of hydrogen-bond donors (Lipinski definition) is 2. The van der Waals surface area contributed by atoms with Crippen LogP contribution < -0.4 is 0 Å². The maximum absolute atomic E-state index is 11.4. The fourth-order valence-electron chi connectivity index (χ4n) is 1.08. The van der Waals surface area contributed by atoms with Crippen molar-refractivity contribution in [1.82, 2.24) is 0 Å². The summed E-state index contributed by atoms with van der Waals surface area (Å²) in [5, 5.41) is 17.8. The topological polar surface area (TPSA) is 76.0 Å². The van der Waals surface area contributed by atoms with E-state index in [4.69, 9.17) is 14.6 Å². The molecule has 88 valence electrons. The van der Waals surface area contributed by atoms with Gasteiger partial charge in [-0.05, 0) is 12.1 Å². The molecule has 0 unspecified atom stereocenters. The molecular weight excluding hydrogens is 212 g/mol. The molecule has 0 fully saturated rings. The molecule has 2 N–H and O–H groups in total.